The van der Waals surface area contributed by atoms with Crippen LogP contribution in [0.1, 0.15) is 22.3 Å². The molecule has 1 aliphatic heterocycles. The Morgan fingerprint density at radius 3 is 2.15 bits per heavy atom. The fraction of sp³-hybridized carbons (Fsp3) is 0.120. The number of allylic oxidation sites excluding steroid dienone is 2. The first-order chi connectivity index (χ1) is 13.3. The van der Waals surface area contributed by atoms with Gasteiger partial charge in [0, 0.05) is 18.8 Å². The average molecular weight is 350 g/mol. The Labute approximate surface area is 160 Å². The number of rotatable bonds is 2. The van der Waals surface area contributed by atoms with Gasteiger partial charge in [0.25, 0.3) is 0 Å². The molecule has 0 saturated heterocycles. The summed E-state index contributed by atoms with van der Waals surface area (Å²) in [7, 11) is 0. The molecule has 2 nitrogen and oxygen atoms in total. The highest BCUT2D eigenvalue weighted by molar-refractivity contribution is 5.91. The molecule has 2 heteroatoms. The average Bonchev–Trinajstić information content (AvgIpc) is 2.85. The molecule has 1 heterocycles. The molecule has 3 aromatic carbocycles. The van der Waals surface area contributed by atoms with Crippen molar-refractivity contribution in [2.75, 3.05) is 18.8 Å². The van der Waals surface area contributed by atoms with Crippen LogP contribution < -0.4 is 11.1 Å². The minimum Gasteiger partial charge on any atom is -0.399 e. The number of nitrogen functional groups attached to an aromatic ring is 1. The maximum absolute atomic E-state index is 6.20. The third-order valence-corrected chi connectivity index (χ3v) is 5.78. The van der Waals surface area contributed by atoms with Crippen molar-refractivity contribution in [2.45, 2.75) is 5.41 Å². The van der Waals surface area contributed by atoms with Gasteiger partial charge in [0.1, 0.15) is 0 Å². The van der Waals surface area contributed by atoms with Gasteiger partial charge >= 0.3 is 0 Å². The number of hydrogen-bond donors (Lipinski definition) is 2. The van der Waals surface area contributed by atoms with Gasteiger partial charge < -0.3 is 11.1 Å². The summed E-state index contributed by atoms with van der Waals surface area (Å²) in [6.45, 7) is 1.73. The first-order valence-corrected chi connectivity index (χ1v) is 9.44. The van der Waals surface area contributed by atoms with E-state index in [1.165, 1.54) is 33.4 Å². The molecule has 0 atom stereocenters. The predicted molar refractivity (Wildman–Crippen MR) is 113 cm³/mol. The number of nitrogens with two attached hydrogens (primary N) is 1. The summed E-state index contributed by atoms with van der Waals surface area (Å²) in [6, 6.07) is 28.1. The molecule has 0 spiro atoms. The molecule has 0 bridgehead atoms. The van der Waals surface area contributed by atoms with Crippen molar-refractivity contribution in [3.63, 3.8) is 0 Å². The van der Waals surface area contributed by atoms with Gasteiger partial charge in [-0.25, -0.2) is 0 Å². The molecule has 3 aromatic rings. The fourth-order valence-corrected chi connectivity index (χ4v) is 4.72. The number of benzene rings is 3. The summed E-state index contributed by atoms with van der Waals surface area (Å²) < 4.78 is 0. The maximum Gasteiger partial charge on any atom is 0.0688 e. The highest BCUT2D eigenvalue weighted by Gasteiger charge is 2.47. The molecule has 0 saturated carbocycles. The Balaban J connectivity index is 1.93. The third kappa shape index (κ3) is 2.30. The lowest BCUT2D eigenvalue weighted by molar-refractivity contribution is 0.681. The molecule has 3 N–H and O–H groups in total. The summed E-state index contributed by atoms with van der Waals surface area (Å²) in [6.07, 6.45) is 4.47. The van der Waals surface area contributed by atoms with E-state index in [2.05, 4.69) is 90.3 Å². The van der Waals surface area contributed by atoms with Crippen molar-refractivity contribution >= 4 is 11.3 Å². The van der Waals surface area contributed by atoms with Crippen LogP contribution in [0.15, 0.2) is 96.6 Å². The summed E-state index contributed by atoms with van der Waals surface area (Å²) in [5.41, 5.74) is 14.6. The van der Waals surface area contributed by atoms with Crippen LogP contribution >= 0.6 is 0 Å². The number of fused-ring (bicyclic) bond motifs is 2. The van der Waals surface area contributed by atoms with Gasteiger partial charge in [-0.3, -0.25) is 0 Å². The Morgan fingerprint density at radius 1 is 0.815 bits per heavy atom. The maximum atomic E-state index is 6.20. The van der Waals surface area contributed by atoms with Gasteiger partial charge in [0.2, 0.25) is 0 Å². The molecule has 2 aliphatic rings. The fourth-order valence-electron chi connectivity index (χ4n) is 4.72. The van der Waals surface area contributed by atoms with Crippen molar-refractivity contribution in [3.8, 4) is 0 Å². The van der Waals surface area contributed by atoms with Crippen LogP contribution in [0, 0.1) is 0 Å². The summed E-state index contributed by atoms with van der Waals surface area (Å²) in [5.74, 6) is 0. The van der Waals surface area contributed by atoms with Gasteiger partial charge in [-0.05, 0) is 45.5 Å². The first-order valence-electron chi connectivity index (χ1n) is 9.44. The van der Waals surface area contributed by atoms with E-state index >= 15 is 0 Å². The Hall–Kier alpha value is -3.10. The van der Waals surface area contributed by atoms with Gasteiger partial charge in [0.15, 0.2) is 0 Å². The SMILES string of the molecule is Nc1ccc2c(c1)C1=C(CNCC=C1)C2(c1ccccc1)c1ccccc1. The Kier molecular flexibility index (Phi) is 3.73. The van der Waals surface area contributed by atoms with Crippen LogP contribution in [0.25, 0.3) is 5.57 Å². The molecule has 132 valence electrons. The highest BCUT2D eigenvalue weighted by Crippen LogP contribution is 2.55. The first kappa shape index (κ1) is 16.1. The Bertz CT molecular complexity index is 1010. The van der Waals surface area contributed by atoms with E-state index in [0.717, 1.165) is 18.8 Å². The largest absolute Gasteiger partial charge is 0.399 e. The zero-order chi connectivity index (χ0) is 18.3. The molecule has 0 fully saturated rings. The lowest BCUT2D eigenvalue weighted by Crippen LogP contribution is -2.34. The second-order valence-corrected chi connectivity index (χ2v) is 7.21. The molecule has 0 amide bonds. The van der Waals surface area contributed by atoms with Crippen molar-refractivity contribution in [2.24, 2.45) is 0 Å². The van der Waals surface area contributed by atoms with Gasteiger partial charge in [-0.15, -0.1) is 0 Å². The smallest absolute Gasteiger partial charge is 0.0688 e. The quantitative estimate of drug-likeness (QED) is 0.667. The zero-order valence-electron chi connectivity index (χ0n) is 15.2. The van der Waals surface area contributed by atoms with E-state index < -0.39 is 0 Å². The predicted octanol–water partition coefficient (Wildman–Crippen LogP) is 4.53. The van der Waals surface area contributed by atoms with Crippen molar-refractivity contribution < 1.29 is 0 Å². The van der Waals surface area contributed by atoms with E-state index in [9.17, 15) is 0 Å². The van der Waals surface area contributed by atoms with Crippen LogP contribution in [0.2, 0.25) is 0 Å². The van der Waals surface area contributed by atoms with E-state index in [1.54, 1.807) is 0 Å². The minimum absolute atomic E-state index is 0.303. The normalized spacial score (nSPS) is 17.3. The lowest BCUT2D eigenvalue weighted by Gasteiger charge is -2.36. The number of hydrogen-bond acceptors (Lipinski definition) is 2. The Morgan fingerprint density at radius 2 is 1.48 bits per heavy atom. The molecule has 0 aromatic heterocycles. The molecule has 1 aliphatic carbocycles. The molecule has 27 heavy (non-hydrogen) atoms. The molecule has 5 rings (SSSR count). The second kappa shape index (κ2) is 6.26. The molecular formula is C25H22N2. The summed E-state index contributed by atoms with van der Waals surface area (Å²) >= 11 is 0. The van der Waals surface area contributed by atoms with E-state index in [1.807, 2.05) is 6.07 Å². The highest BCUT2D eigenvalue weighted by atomic mass is 14.9. The van der Waals surface area contributed by atoms with Gasteiger partial charge in [0.05, 0.1) is 5.41 Å². The summed E-state index contributed by atoms with van der Waals surface area (Å²) in [4.78, 5) is 0. The topological polar surface area (TPSA) is 38.0 Å². The molecule has 0 radical (unpaired) electrons. The van der Waals surface area contributed by atoms with Gasteiger partial charge in [-0.2, -0.15) is 0 Å². The molecular weight excluding hydrogens is 328 g/mol. The van der Waals surface area contributed by atoms with Crippen LogP contribution in [0.3, 0.4) is 0 Å². The monoisotopic (exact) mass is 350 g/mol. The van der Waals surface area contributed by atoms with E-state index in [0.29, 0.717) is 0 Å². The van der Waals surface area contributed by atoms with E-state index in [-0.39, 0.29) is 5.41 Å². The van der Waals surface area contributed by atoms with E-state index in [4.69, 9.17) is 5.73 Å². The minimum atomic E-state index is -0.303. The second-order valence-electron chi connectivity index (χ2n) is 7.21. The van der Waals surface area contributed by atoms with Crippen LogP contribution in [-0.2, 0) is 5.41 Å². The molecule has 0 unspecified atom stereocenters. The lowest BCUT2D eigenvalue weighted by atomic mass is 9.67. The van der Waals surface area contributed by atoms with Crippen LogP contribution in [0.4, 0.5) is 5.69 Å². The summed E-state index contributed by atoms with van der Waals surface area (Å²) in [5, 5.41) is 3.59. The standard InChI is InChI=1S/C25H22N2/c26-20-13-14-23-22(16-20)21-12-7-15-27-17-24(21)25(23,18-8-3-1-4-9-18)19-10-5-2-6-11-19/h1-14,16,27H,15,17,26H2. The van der Waals surface area contributed by atoms with Crippen molar-refractivity contribution in [1.82, 2.24) is 5.32 Å². The van der Waals surface area contributed by atoms with Crippen LogP contribution in [-0.4, -0.2) is 13.1 Å². The third-order valence-electron chi connectivity index (χ3n) is 5.78. The van der Waals surface area contributed by atoms with Gasteiger partial charge in [-0.1, -0.05) is 78.9 Å². The van der Waals surface area contributed by atoms with Crippen molar-refractivity contribution in [1.29, 1.82) is 0 Å². The van der Waals surface area contributed by atoms with Crippen molar-refractivity contribution in [3.05, 3.63) is 119 Å². The number of nitrogens with one attached hydrogen (secondary N) is 1. The number of anilines is 1. The van der Waals surface area contributed by atoms with Crippen LogP contribution in [0.5, 0.6) is 0 Å². The zero-order valence-corrected chi connectivity index (χ0v) is 15.2.